The highest BCUT2D eigenvalue weighted by molar-refractivity contribution is 6.35. The van der Waals surface area contributed by atoms with Gasteiger partial charge in [-0.1, -0.05) is 29.3 Å². The van der Waals surface area contributed by atoms with Gasteiger partial charge in [-0.15, -0.1) is 0 Å². The van der Waals surface area contributed by atoms with Crippen LogP contribution in [0.3, 0.4) is 0 Å². The van der Waals surface area contributed by atoms with Crippen LogP contribution in [0.15, 0.2) is 24.4 Å². The van der Waals surface area contributed by atoms with E-state index in [4.69, 9.17) is 28.3 Å². The van der Waals surface area contributed by atoms with E-state index in [1.807, 2.05) is 0 Å². The summed E-state index contributed by atoms with van der Waals surface area (Å²) in [6.45, 7) is 2.04. The van der Waals surface area contributed by atoms with E-state index in [0.29, 0.717) is 22.3 Å². The minimum Gasteiger partial charge on any atom is -0.478 e. The summed E-state index contributed by atoms with van der Waals surface area (Å²) < 4.78 is 1.57. The molecule has 2 rings (SSSR count). The molecule has 0 spiro atoms. The molecule has 18 heavy (non-hydrogen) atoms. The molecule has 0 saturated heterocycles. The highest BCUT2D eigenvalue weighted by Gasteiger charge is 2.14. The van der Waals surface area contributed by atoms with Gasteiger partial charge in [0.2, 0.25) is 0 Å². The molecule has 0 saturated carbocycles. The van der Waals surface area contributed by atoms with E-state index in [0.717, 1.165) is 5.56 Å². The lowest BCUT2D eigenvalue weighted by Gasteiger charge is -2.08. The van der Waals surface area contributed by atoms with E-state index in [9.17, 15) is 4.79 Å². The molecule has 94 valence electrons. The summed E-state index contributed by atoms with van der Waals surface area (Å²) in [5.74, 6) is -0.996. The summed E-state index contributed by atoms with van der Waals surface area (Å²) in [7, 11) is 0. The number of aromatic nitrogens is 2. The van der Waals surface area contributed by atoms with Gasteiger partial charge in [0.25, 0.3) is 0 Å². The Balaban J connectivity index is 2.38. The molecular formula is C12H10Cl2N2O2. The van der Waals surface area contributed by atoms with Gasteiger partial charge in [-0.3, -0.25) is 4.68 Å². The van der Waals surface area contributed by atoms with Crippen molar-refractivity contribution >= 4 is 29.2 Å². The Morgan fingerprint density at radius 3 is 2.50 bits per heavy atom. The molecule has 0 unspecified atom stereocenters. The number of hydrogen-bond donors (Lipinski definition) is 1. The van der Waals surface area contributed by atoms with Crippen LogP contribution in [0.2, 0.25) is 10.0 Å². The SMILES string of the molecule is Cc1c(C(=O)O)cnn1Cc1c(Cl)cccc1Cl. The molecule has 0 fully saturated rings. The topological polar surface area (TPSA) is 55.1 Å². The van der Waals surface area contributed by atoms with E-state index in [1.165, 1.54) is 6.20 Å². The molecule has 0 radical (unpaired) electrons. The number of hydrogen-bond acceptors (Lipinski definition) is 2. The van der Waals surface area contributed by atoms with Crippen LogP contribution in [-0.2, 0) is 6.54 Å². The van der Waals surface area contributed by atoms with Crippen molar-refractivity contribution in [3.05, 3.63) is 51.3 Å². The quantitative estimate of drug-likeness (QED) is 0.941. The first-order valence-corrected chi connectivity index (χ1v) is 5.95. The van der Waals surface area contributed by atoms with Gasteiger partial charge >= 0.3 is 5.97 Å². The molecule has 0 bridgehead atoms. The summed E-state index contributed by atoms with van der Waals surface area (Å²) in [6, 6.07) is 5.23. The number of benzene rings is 1. The summed E-state index contributed by atoms with van der Waals surface area (Å²) in [5, 5.41) is 14.1. The molecule has 0 atom stereocenters. The number of halogens is 2. The molecule has 0 amide bonds. The van der Waals surface area contributed by atoms with E-state index in [-0.39, 0.29) is 5.56 Å². The molecule has 0 aliphatic heterocycles. The zero-order valence-corrected chi connectivity index (χ0v) is 11.0. The zero-order valence-electron chi connectivity index (χ0n) is 9.52. The summed E-state index contributed by atoms with van der Waals surface area (Å²) in [5.41, 5.74) is 1.47. The summed E-state index contributed by atoms with van der Waals surface area (Å²) >= 11 is 12.1. The fourth-order valence-corrected chi connectivity index (χ4v) is 2.17. The number of rotatable bonds is 3. The van der Waals surface area contributed by atoms with Crippen molar-refractivity contribution in [2.45, 2.75) is 13.5 Å². The predicted molar refractivity (Wildman–Crippen MR) is 69.5 cm³/mol. The van der Waals surface area contributed by atoms with Gasteiger partial charge in [0.15, 0.2) is 0 Å². The minimum absolute atomic E-state index is 0.179. The number of carboxylic acids is 1. The van der Waals surface area contributed by atoms with Crippen LogP contribution in [0.25, 0.3) is 0 Å². The molecule has 1 aromatic heterocycles. The van der Waals surface area contributed by atoms with Crippen LogP contribution in [0.5, 0.6) is 0 Å². The van der Waals surface area contributed by atoms with Crippen LogP contribution < -0.4 is 0 Å². The van der Waals surface area contributed by atoms with Crippen molar-refractivity contribution < 1.29 is 9.90 Å². The van der Waals surface area contributed by atoms with E-state index in [2.05, 4.69) is 5.10 Å². The number of nitrogens with zero attached hydrogens (tertiary/aromatic N) is 2. The fourth-order valence-electron chi connectivity index (χ4n) is 1.65. The van der Waals surface area contributed by atoms with Crippen molar-refractivity contribution in [1.29, 1.82) is 0 Å². The average molecular weight is 285 g/mol. The van der Waals surface area contributed by atoms with Crippen molar-refractivity contribution in [3.63, 3.8) is 0 Å². The van der Waals surface area contributed by atoms with Gasteiger partial charge in [-0.25, -0.2) is 4.79 Å². The van der Waals surface area contributed by atoms with Crippen LogP contribution in [0.1, 0.15) is 21.6 Å². The second kappa shape index (κ2) is 5.00. The van der Waals surface area contributed by atoms with Crippen molar-refractivity contribution in [2.75, 3.05) is 0 Å². The molecule has 6 heteroatoms. The predicted octanol–water partition coefficient (Wildman–Crippen LogP) is 3.24. The standard InChI is InChI=1S/C12H10Cl2N2O2/c1-7-8(12(17)18)5-15-16(7)6-9-10(13)3-2-4-11(9)14/h2-5H,6H2,1H3,(H,17,18). The molecular weight excluding hydrogens is 275 g/mol. The minimum atomic E-state index is -0.996. The van der Waals surface area contributed by atoms with Crippen LogP contribution >= 0.6 is 23.2 Å². The molecule has 0 aliphatic rings. The number of carbonyl (C=O) groups is 1. The van der Waals surface area contributed by atoms with Gasteiger partial charge in [-0.2, -0.15) is 5.10 Å². The van der Waals surface area contributed by atoms with Gasteiger partial charge in [0, 0.05) is 15.6 Å². The normalized spacial score (nSPS) is 10.6. The fraction of sp³-hybridized carbons (Fsp3) is 0.167. The largest absolute Gasteiger partial charge is 0.478 e. The molecule has 1 heterocycles. The second-order valence-electron chi connectivity index (χ2n) is 3.81. The van der Waals surface area contributed by atoms with Crippen molar-refractivity contribution in [3.8, 4) is 0 Å². The molecule has 1 aromatic carbocycles. The van der Waals surface area contributed by atoms with Crippen molar-refractivity contribution in [2.24, 2.45) is 0 Å². The molecule has 1 N–H and O–H groups in total. The summed E-state index contributed by atoms with van der Waals surface area (Å²) in [6.07, 6.45) is 1.32. The Morgan fingerprint density at radius 1 is 1.39 bits per heavy atom. The lowest BCUT2D eigenvalue weighted by molar-refractivity contribution is 0.0696. The Kier molecular flexibility index (Phi) is 3.59. The van der Waals surface area contributed by atoms with Crippen LogP contribution in [-0.4, -0.2) is 20.9 Å². The van der Waals surface area contributed by atoms with E-state index < -0.39 is 5.97 Å². The molecule has 4 nitrogen and oxygen atoms in total. The third-order valence-electron chi connectivity index (χ3n) is 2.70. The lowest BCUT2D eigenvalue weighted by Crippen LogP contribution is -2.06. The Morgan fingerprint density at radius 2 is 2.00 bits per heavy atom. The third kappa shape index (κ3) is 2.35. The van der Waals surface area contributed by atoms with Crippen LogP contribution in [0.4, 0.5) is 0 Å². The molecule has 2 aromatic rings. The first kappa shape index (κ1) is 12.9. The first-order chi connectivity index (χ1) is 8.50. The lowest BCUT2D eigenvalue weighted by atomic mass is 10.2. The maximum atomic E-state index is 10.9. The summed E-state index contributed by atoms with van der Waals surface area (Å²) in [4.78, 5) is 10.9. The zero-order chi connectivity index (χ0) is 13.3. The van der Waals surface area contributed by atoms with Gasteiger partial charge in [-0.05, 0) is 19.1 Å². The van der Waals surface area contributed by atoms with E-state index in [1.54, 1.807) is 29.8 Å². The number of carboxylic acid groups (broad SMARTS) is 1. The van der Waals surface area contributed by atoms with Gasteiger partial charge in [0.05, 0.1) is 18.4 Å². The average Bonchev–Trinajstić information content (AvgIpc) is 2.66. The first-order valence-electron chi connectivity index (χ1n) is 5.19. The third-order valence-corrected chi connectivity index (χ3v) is 3.41. The van der Waals surface area contributed by atoms with Gasteiger partial charge in [0.1, 0.15) is 5.56 Å². The highest BCUT2D eigenvalue weighted by Crippen LogP contribution is 2.25. The maximum absolute atomic E-state index is 10.9. The Hall–Kier alpha value is -1.52. The van der Waals surface area contributed by atoms with E-state index >= 15 is 0 Å². The Bertz CT molecular complexity index is 588. The molecule has 0 aliphatic carbocycles. The maximum Gasteiger partial charge on any atom is 0.339 e. The highest BCUT2D eigenvalue weighted by atomic mass is 35.5. The van der Waals surface area contributed by atoms with Gasteiger partial charge < -0.3 is 5.11 Å². The second-order valence-corrected chi connectivity index (χ2v) is 4.62. The van der Waals surface area contributed by atoms with Crippen molar-refractivity contribution in [1.82, 2.24) is 9.78 Å². The van der Waals surface area contributed by atoms with Crippen LogP contribution in [0, 0.1) is 6.92 Å². The number of aromatic carboxylic acids is 1. The Labute approximate surface area is 114 Å². The monoisotopic (exact) mass is 284 g/mol. The smallest absolute Gasteiger partial charge is 0.339 e.